The molecule has 10 heteroatoms. The number of rotatable bonds is 12. The van der Waals surface area contributed by atoms with Gasteiger partial charge in [0.1, 0.15) is 12.6 Å². The van der Waals surface area contributed by atoms with Gasteiger partial charge in [0.2, 0.25) is 11.8 Å². The minimum Gasteiger partial charge on any atom is -0.493 e. The highest BCUT2D eigenvalue weighted by Crippen LogP contribution is 2.34. The highest BCUT2D eigenvalue weighted by Gasteiger charge is 2.33. The number of carbonyl (C=O) groups excluding carboxylic acids is 2. The van der Waals surface area contributed by atoms with Gasteiger partial charge in [0.05, 0.1) is 24.8 Å². The third-order valence-corrected chi connectivity index (χ3v) is 8.53. The van der Waals surface area contributed by atoms with Crippen molar-refractivity contribution in [3.63, 3.8) is 0 Å². The lowest BCUT2D eigenvalue weighted by molar-refractivity contribution is -0.139. The summed E-state index contributed by atoms with van der Waals surface area (Å²) in [7, 11) is -1.27. The number of carbonyl (C=O) groups is 2. The average Bonchev–Trinajstić information content (AvgIpc) is 2.94. The molecular formula is C31H39N3O6S. The summed E-state index contributed by atoms with van der Waals surface area (Å²) < 4.78 is 39.8. The van der Waals surface area contributed by atoms with Gasteiger partial charge in [-0.1, -0.05) is 42.0 Å². The van der Waals surface area contributed by atoms with Crippen LogP contribution in [0.2, 0.25) is 0 Å². The van der Waals surface area contributed by atoms with Crippen LogP contribution >= 0.6 is 0 Å². The molecule has 0 radical (unpaired) electrons. The van der Waals surface area contributed by atoms with Gasteiger partial charge in [-0.3, -0.25) is 13.9 Å². The van der Waals surface area contributed by atoms with Gasteiger partial charge >= 0.3 is 0 Å². The van der Waals surface area contributed by atoms with Gasteiger partial charge in [-0.05, 0) is 70.0 Å². The topological polar surface area (TPSA) is 105 Å². The number of sulfonamides is 1. The van der Waals surface area contributed by atoms with Crippen molar-refractivity contribution in [3.05, 3.63) is 83.4 Å². The SMILES string of the molecule is COc1ccc(N(CC(=O)N(Cc2ccccc2C)C(C)C(=O)NC(C)C)S(=O)(=O)c2ccc(C)cc2)cc1OC. The standard InChI is InChI=1S/C31H39N3O6S/c1-21(2)32-31(36)24(5)33(19-25-11-9-8-10-23(25)4)30(35)20-34(26-14-17-28(39-6)29(18-26)40-7)41(37,38)27-15-12-22(3)13-16-27/h8-18,21,24H,19-20H2,1-7H3,(H,32,36). The Balaban J connectivity index is 2.10. The van der Waals surface area contributed by atoms with E-state index in [9.17, 15) is 18.0 Å². The minimum atomic E-state index is -4.20. The number of ether oxygens (including phenoxy) is 2. The Bertz CT molecular complexity index is 1470. The molecule has 1 N–H and O–H groups in total. The monoisotopic (exact) mass is 581 g/mol. The first-order chi connectivity index (χ1) is 19.4. The van der Waals surface area contributed by atoms with E-state index in [0.717, 1.165) is 21.0 Å². The first-order valence-corrected chi connectivity index (χ1v) is 14.8. The third kappa shape index (κ3) is 7.58. The van der Waals surface area contributed by atoms with Crippen molar-refractivity contribution < 1.29 is 27.5 Å². The second kappa shape index (κ2) is 13.5. The van der Waals surface area contributed by atoms with Crippen LogP contribution in [0.1, 0.15) is 37.5 Å². The summed E-state index contributed by atoms with van der Waals surface area (Å²) in [6.45, 7) is 8.69. The number of nitrogens with zero attached hydrogens (tertiary/aromatic N) is 2. The molecule has 41 heavy (non-hydrogen) atoms. The van der Waals surface area contributed by atoms with E-state index >= 15 is 0 Å². The van der Waals surface area contributed by atoms with Crippen LogP contribution in [0.3, 0.4) is 0 Å². The number of anilines is 1. The van der Waals surface area contributed by atoms with Crippen LogP contribution in [0, 0.1) is 13.8 Å². The Kier molecular flexibility index (Phi) is 10.4. The van der Waals surface area contributed by atoms with Crippen molar-refractivity contribution in [1.82, 2.24) is 10.2 Å². The van der Waals surface area contributed by atoms with E-state index in [1.165, 1.54) is 37.3 Å². The number of hydrogen-bond acceptors (Lipinski definition) is 6. The Morgan fingerprint density at radius 3 is 2.10 bits per heavy atom. The Morgan fingerprint density at radius 2 is 1.51 bits per heavy atom. The Morgan fingerprint density at radius 1 is 0.878 bits per heavy atom. The fourth-order valence-electron chi connectivity index (χ4n) is 4.30. The van der Waals surface area contributed by atoms with E-state index < -0.39 is 28.5 Å². The van der Waals surface area contributed by atoms with E-state index in [1.54, 1.807) is 31.2 Å². The molecule has 220 valence electrons. The van der Waals surface area contributed by atoms with Gasteiger partial charge in [-0.15, -0.1) is 0 Å². The van der Waals surface area contributed by atoms with E-state index in [-0.39, 0.29) is 29.1 Å². The molecule has 0 bridgehead atoms. The zero-order chi connectivity index (χ0) is 30.3. The first-order valence-electron chi connectivity index (χ1n) is 13.3. The number of methoxy groups -OCH3 is 2. The summed E-state index contributed by atoms with van der Waals surface area (Å²) in [6.07, 6.45) is 0. The molecule has 0 heterocycles. The molecule has 3 rings (SSSR count). The summed E-state index contributed by atoms with van der Waals surface area (Å²) in [5.74, 6) is -0.149. The number of hydrogen-bond donors (Lipinski definition) is 1. The minimum absolute atomic E-state index is 0.0294. The van der Waals surface area contributed by atoms with Gasteiger partial charge in [-0.2, -0.15) is 0 Å². The largest absolute Gasteiger partial charge is 0.493 e. The number of benzene rings is 3. The molecule has 3 aromatic rings. The van der Waals surface area contributed by atoms with Crippen LogP contribution in [0.4, 0.5) is 5.69 Å². The zero-order valence-electron chi connectivity index (χ0n) is 24.7. The van der Waals surface area contributed by atoms with Gasteiger partial charge in [0.15, 0.2) is 11.5 Å². The molecule has 0 saturated heterocycles. The van der Waals surface area contributed by atoms with Crippen LogP contribution in [0.5, 0.6) is 11.5 Å². The van der Waals surface area contributed by atoms with Crippen molar-refractivity contribution >= 4 is 27.5 Å². The Hall–Kier alpha value is -4.05. The fourth-order valence-corrected chi connectivity index (χ4v) is 5.71. The fraction of sp³-hybridized carbons (Fsp3) is 0.355. The second-order valence-corrected chi connectivity index (χ2v) is 12.0. The first kappa shape index (κ1) is 31.5. The Labute approximate surface area is 243 Å². The van der Waals surface area contributed by atoms with Gasteiger partial charge in [0, 0.05) is 18.7 Å². The quantitative estimate of drug-likeness (QED) is 0.339. The molecule has 0 saturated carbocycles. The maximum absolute atomic E-state index is 14.1. The van der Waals surface area contributed by atoms with Crippen molar-refractivity contribution in [2.75, 3.05) is 25.1 Å². The lowest BCUT2D eigenvalue weighted by Gasteiger charge is -2.32. The van der Waals surface area contributed by atoms with Crippen LogP contribution < -0.4 is 19.1 Å². The number of amides is 2. The summed E-state index contributed by atoms with van der Waals surface area (Å²) in [5, 5.41) is 2.86. The van der Waals surface area contributed by atoms with Crippen LogP contribution in [-0.2, 0) is 26.2 Å². The maximum Gasteiger partial charge on any atom is 0.264 e. The molecule has 0 spiro atoms. The van der Waals surface area contributed by atoms with E-state index in [0.29, 0.717) is 11.5 Å². The zero-order valence-corrected chi connectivity index (χ0v) is 25.5. The van der Waals surface area contributed by atoms with Crippen molar-refractivity contribution in [2.24, 2.45) is 0 Å². The molecular weight excluding hydrogens is 542 g/mol. The molecule has 3 aromatic carbocycles. The molecule has 0 fully saturated rings. The van der Waals surface area contributed by atoms with E-state index in [1.807, 2.05) is 52.0 Å². The van der Waals surface area contributed by atoms with Crippen molar-refractivity contribution in [1.29, 1.82) is 0 Å². The molecule has 1 atom stereocenters. The molecule has 0 aromatic heterocycles. The number of aryl methyl sites for hydroxylation is 2. The molecule has 0 aliphatic heterocycles. The summed E-state index contributed by atoms with van der Waals surface area (Å²) in [5.41, 5.74) is 2.91. The molecule has 0 aliphatic rings. The van der Waals surface area contributed by atoms with Crippen molar-refractivity contribution in [2.45, 2.75) is 58.1 Å². The normalized spacial score (nSPS) is 12.0. The van der Waals surface area contributed by atoms with E-state index in [4.69, 9.17) is 9.47 Å². The molecule has 2 amide bonds. The highest BCUT2D eigenvalue weighted by molar-refractivity contribution is 7.92. The van der Waals surface area contributed by atoms with Gasteiger partial charge in [-0.25, -0.2) is 8.42 Å². The predicted molar refractivity (Wildman–Crippen MR) is 160 cm³/mol. The highest BCUT2D eigenvalue weighted by atomic mass is 32.2. The lowest BCUT2D eigenvalue weighted by Crippen LogP contribution is -2.52. The smallest absolute Gasteiger partial charge is 0.264 e. The van der Waals surface area contributed by atoms with Gasteiger partial charge < -0.3 is 19.7 Å². The molecule has 9 nitrogen and oxygen atoms in total. The van der Waals surface area contributed by atoms with Crippen LogP contribution in [0.25, 0.3) is 0 Å². The molecule has 1 unspecified atom stereocenters. The summed E-state index contributed by atoms with van der Waals surface area (Å²) in [4.78, 5) is 28.6. The third-order valence-electron chi connectivity index (χ3n) is 6.74. The predicted octanol–water partition coefficient (Wildman–Crippen LogP) is 4.46. The van der Waals surface area contributed by atoms with Crippen molar-refractivity contribution in [3.8, 4) is 11.5 Å². The number of nitrogens with one attached hydrogen (secondary N) is 1. The summed E-state index contributed by atoms with van der Waals surface area (Å²) >= 11 is 0. The maximum atomic E-state index is 14.1. The van der Waals surface area contributed by atoms with E-state index in [2.05, 4.69) is 5.32 Å². The summed E-state index contributed by atoms with van der Waals surface area (Å²) in [6, 6.07) is 17.6. The second-order valence-electron chi connectivity index (χ2n) is 10.2. The average molecular weight is 582 g/mol. The molecule has 0 aliphatic carbocycles. The van der Waals surface area contributed by atoms with Crippen LogP contribution in [0.15, 0.2) is 71.6 Å². The lowest BCUT2D eigenvalue weighted by atomic mass is 10.1. The van der Waals surface area contributed by atoms with Crippen LogP contribution in [-0.4, -0.2) is 58.0 Å². The van der Waals surface area contributed by atoms with Gasteiger partial charge in [0.25, 0.3) is 10.0 Å².